The minimum atomic E-state index is -4.97. The number of nitrogens with one attached hydrogen (secondary N) is 1. The average molecular weight is 492 g/mol. The highest BCUT2D eigenvalue weighted by Gasteiger charge is 2.64. The number of carbonyl (C=O) groups excluding carboxylic acids is 2. The molecule has 2 saturated heterocycles. The van der Waals surface area contributed by atoms with Crippen molar-refractivity contribution in [2.75, 3.05) is 33.9 Å². The first-order valence-electron chi connectivity index (χ1n) is 11.4. The fourth-order valence-corrected chi connectivity index (χ4v) is 5.52. The van der Waals surface area contributed by atoms with Crippen LogP contribution in [0.2, 0.25) is 0 Å². The summed E-state index contributed by atoms with van der Waals surface area (Å²) in [4.78, 5) is 31.3. The molecule has 2 aliphatic heterocycles. The molecule has 0 saturated carbocycles. The van der Waals surface area contributed by atoms with Crippen LogP contribution >= 0.6 is 0 Å². The number of alkyl halides is 3. The van der Waals surface area contributed by atoms with Crippen LogP contribution in [0.1, 0.15) is 36.3 Å². The maximum absolute atomic E-state index is 14.4. The van der Waals surface area contributed by atoms with Crippen molar-refractivity contribution in [3.8, 4) is 5.75 Å². The molecule has 1 spiro atoms. The molecule has 0 radical (unpaired) electrons. The summed E-state index contributed by atoms with van der Waals surface area (Å²) in [6.07, 6.45) is -0.711. The second-order valence-corrected chi connectivity index (χ2v) is 9.05. The fourth-order valence-electron chi connectivity index (χ4n) is 5.52. The Morgan fingerprint density at radius 1 is 1.14 bits per heavy atom. The van der Waals surface area contributed by atoms with E-state index in [0.717, 1.165) is 12.7 Å². The third-order valence-electron chi connectivity index (χ3n) is 7.39. The van der Waals surface area contributed by atoms with Crippen LogP contribution in [0, 0.1) is 5.41 Å². The van der Waals surface area contributed by atoms with E-state index in [1.54, 1.807) is 31.6 Å². The quantitative estimate of drug-likeness (QED) is 0.694. The maximum Gasteiger partial charge on any atom is 0.430 e. The maximum atomic E-state index is 14.4. The van der Waals surface area contributed by atoms with Gasteiger partial charge in [-0.05, 0) is 24.3 Å². The molecule has 4 rings (SSSR count). The zero-order chi connectivity index (χ0) is 25.3. The molecule has 1 unspecified atom stereocenters. The highest BCUT2D eigenvalue weighted by atomic mass is 19.4. The van der Waals surface area contributed by atoms with Gasteiger partial charge in [-0.1, -0.05) is 30.3 Å². The van der Waals surface area contributed by atoms with E-state index in [1.165, 1.54) is 29.2 Å². The first-order chi connectivity index (χ1) is 16.7. The number of hydrogen-bond acceptors (Lipinski definition) is 5. The first kappa shape index (κ1) is 25.0. The molecule has 10 heteroatoms. The van der Waals surface area contributed by atoms with Gasteiger partial charge in [0.2, 0.25) is 5.91 Å². The molecule has 3 heterocycles. The first-order valence-corrected chi connectivity index (χ1v) is 11.4. The van der Waals surface area contributed by atoms with Gasteiger partial charge in [-0.25, -0.2) is 0 Å². The minimum absolute atomic E-state index is 0.0687. The van der Waals surface area contributed by atoms with E-state index in [9.17, 15) is 22.8 Å². The number of piperidine rings is 2. The Morgan fingerprint density at radius 2 is 1.83 bits per heavy atom. The van der Waals surface area contributed by atoms with E-state index < -0.39 is 23.1 Å². The summed E-state index contributed by atoms with van der Waals surface area (Å²) in [5, 5.41) is 2.89. The second kappa shape index (κ2) is 9.49. The third kappa shape index (κ3) is 4.24. The van der Waals surface area contributed by atoms with Gasteiger partial charge < -0.3 is 19.7 Å². The van der Waals surface area contributed by atoms with E-state index in [-0.39, 0.29) is 36.9 Å². The van der Waals surface area contributed by atoms with Gasteiger partial charge in [0, 0.05) is 62.6 Å². The minimum Gasteiger partial charge on any atom is -0.496 e. The van der Waals surface area contributed by atoms with Crippen LogP contribution < -0.4 is 10.1 Å². The largest absolute Gasteiger partial charge is 0.496 e. The summed E-state index contributed by atoms with van der Waals surface area (Å²) in [6.45, 7) is 0.502. The van der Waals surface area contributed by atoms with Crippen LogP contribution in [0.25, 0.3) is 0 Å². The third-order valence-corrected chi connectivity index (χ3v) is 7.39. The van der Waals surface area contributed by atoms with E-state index in [0.29, 0.717) is 25.1 Å². The van der Waals surface area contributed by atoms with Gasteiger partial charge in [-0.2, -0.15) is 13.2 Å². The number of halogens is 3. The lowest BCUT2D eigenvalue weighted by Gasteiger charge is -2.50. The van der Waals surface area contributed by atoms with E-state index in [1.807, 2.05) is 0 Å². The highest BCUT2D eigenvalue weighted by molar-refractivity contribution is 5.88. The second-order valence-electron chi connectivity index (χ2n) is 9.05. The molecular weight excluding hydrogens is 463 g/mol. The van der Waals surface area contributed by atoms with Crippen LogP contribution in [-0.4, -0.2) is 61.7 Å². The highest BCUT2D eigenvalue weighted by Crippen LogP contribution is 2.51. The molecule has 2 atom stereocenters. The van der Waals surface area contributed by atoms with Crippen LogP contribution in [0.5, 0.6) is 5.75 Å². The van der Waals surface area contributed by atoms with Crippen molar-refractivity contribution in [3.05, 3.63) is 59.9 Å². The monoisotopic (exact) mass is 491 g/mol. The van der Waals surface area contributed by atoms with Gasteiger partial charge in [0.1, 0.15) is 5.75 Å². The van der Waals surface area contributed by atoms with E-state index in [2.05, 4.69) is 10.3 Å². The average Bonchev–Trinajstić information content (AvgIpc) is 2.85. The van der Waals surface area contributed by atoms with Crippen molar-refractivity contribution in [1.29, 1.82) is 0 Å². The number of carbonyl (C=O) groups is 2. The number of likely N-dealkylation sites (tertiary alicyclic amines) is 1. The summed E-state index contributed by atoms with van der Waals surface area (Å²) in [6, 6.07) is 8.71. The Hall–Kier alpha value is -3.14. The normalized spacial score (nSPS) is 21.8. The van der Waals surface area contributed by atoms with Gasteiger partial charge >= 0.3 is 6.18 Å². The summed E-state index contributed by atoms with van der Waals surface area (Å²) in [7, 11) is 2.46. The SMILES string of the molecule is COc1ccncc1C1CNC(=O)CC12CCN(C(=O)[C@](OC)(c1ccccc1)C(F)(F)F)CC2. The van der Waals surface area contributed by atoms with Gasteiger partial charge in [0.25, 0.3) is 11.5 Å². The van der Waals surface area contributed by atoms with Gasteiger partial charge in [0.05, 0.1) is 7.11 Å². The zero-order valence-corrected chi connectivity index (χ0v) is 19.6. The Kier molecular flexibility index (Phi) is 6.77. The zero-order valence-electron chi connectivity index (χ0n) is 19.6. The van der Waals surface area contributed by atoms with Crippen LogP contribution in [0.4, 0.5) is 13.2 Å². The van der Waals surface area contributed by atoms with Crippen LogP contribution in [0.3, 0.4) is 0 Å². The molecule has 1 aromatic heterocycles. The number of ether oxygens (including phenoxy) is 2. The van der Waals surface area contributed by atoms with Crippen molar-refractivity contribution in [2.45, 2.75) is 37.0 Å². The van der Waals surface area contributed by atoms with Crippen molar-refractivity contribution in [3.63, 3.8) is 0 Å². The number of methoxy groups -OCH3 is 2. The predicted molar refractivity (Wildman–Crippen MR) is 121 cm³/mol. The number of pyridine rings is 1. The molecule has 2 fully saturated rings. The van der Waals surface area contributed by atoms with Crippen LogP contribution in [-0.2, 0) is 19.9 Å². The Bertz CT molecular complexity index is 1070. The number of rotatable bonds is 5. The predicted octanol–water partition coefficient (Wildman–Crippen LogP) is 3.41. The Labute approximate surface area is 201 Å². The fraction of sp³-hybridized carbons (Fsp3) is 0.480. The molecule has 1 N–H and O–H groups in total. The Balaban J connectivity index is 1.64. The molecule has 2 aliphatic rings. The number of amides is 2. The van der Waals surface area contributed by atoms with Gasteiger partial charge in [-0.15, -0.1) is 0 Å². The van der Waals surface area contributed by atoms with Crippen molar-refractivity contribution < 1.29 is 32.2 Å². The molecular formula is C25H28F3N3O4. The molecule has 0 bridgehead atoms. The molecule has 35 heavy (non-hydrogen) atoms. The number of hydrogen-bond donors (Lipinski definition) is 1. The topological polar surface area (TPSA) is 80.8 Å². The molecule has 2 aromatic rings. The van der Waals surface area contributed by atoms with Crippen molar-refractivity contribution >= 4 is 11.8 Å². The van der Waals surface area contributed by atoms with Crippen molar-refractivity contribution in [2.24, 2.45) is 5.41 Å². The van der Waals surface area contributed by atoms with Crippen molar-refractivity contribution in [1.82, 2.24) is 15.2 Å². The smallest absolute Gasteiger partial charge is 0.430 e. The molecule has 1 aromatic carbocycles. The number of nitrogens with zero attached hydrogens (tertiary/aromatic N) is 2. The number of benzene rings is 1. The molecule has 0 aliphatic carbocycles. The molecule has 188 valence electrons. The lowest BCUT2D eigenvalue weighted by Crippen LogP contribution is -2.60. The Morgan fingerprint density at radius 3 is 2.43 bits per heavy atom. The van der Waals surface area contributed by atoms with E-state index in [4.69, 9.17) is 9.47 Å². The lowest BCUT2D eigenvalue weighted by atomic mass is 9.62. The van der Waals surface area contributed by atoms with Gasteiger partial charge in [-0.3, -0.25) is 14.6 Å². The summed E-state index contributed by atoms with van der Waals surface area (Å²) in [5.41, 5.74) is -3.07. The molecule has 7 nitrogen and oxygen atoms in total. The lowest BCUT2D eigenvalue weighted by molar-refractivity contribution is -0.271. The summed E-state index contributed by atoms with van der Waals surface area (Å²) in [5.74, 6) is -0.775. The van der Waals surface area contributed by atoms with E-state index >= 15 is 0 Å². The summed E-state index contributed by atoms with van der Waals surface area (Å²) >= 11 is 0. The van der Waals surface area contributed by atoms with Crippen LogP contribution in [0.15, 0.2) is 48.8 Å². The summed E-state index contributed by atoms with van der Waals surface area (Å²) < 4.78 is 53.6. The number of aromatic nitrogens is 1. The molecule has 2 amide bonds. The van der Waals surface area contributed by atoms with Gasteiger partial charge in [0.15, 0.2) is 0 Å². The standard InChI is InChI=1S/C25H28F3N3O4/c1-34-20-8-11-29-15-18(20)19-16-30-21(32)14-23(19)9-12-31(13-10-23)22(33)24(35-2,25(26,27)28)17-6-4-3-5-7-17/h3-8,11,15,19H,9-10,12-14,16H2,1-2H3,(H,30,32)/t19?,24-/m1/s1.